The van der Waals surface area contributed by atoms with E-state index < -0.39 is 105 Å². The van der Waals surface area contributed by atoms with E-state index in [0.717, 1.165) is 13.8 Å². The molecule has 0 aromatic heterocycles. The summed E-state index contributed by atoms with van der Waals surface area (Å²) < 4.78 is 18.1. The van der Waals surface area contributed by atoms with Crippen LogP contribution in [0.4, 0.5) is 0 Å². The number of aliphatic hydroxyl groups excluding tert-OH is 10. The Morgan fingerprint density at radius 2 is 0.811 bits per heavy atom. The van der Waals surface area contributed by atoms with Gasteiger partial charge in [0.25, 0.3) is 12.6 Å². The fourth-order valence-electron chi connectivity index (χ4n) is 2.51. The second-order valence-electron chi connectivity index (χ2n) is 7.56. The van der Waals surface area contributed by atoms with Crippen molar-refractivity contribution in [2.45, 2.75) is 81.7 Å². The molecule has 0 amide bonds. The molecule has 18 heteroatoms. The zero-order chi connectivity index (χ0) is 29.0. The first-order valence-electron chi connectivity index (χ1n) is 10.5. The van der Waals surface area contributed by atoms with Crippen LogP contribution in [0.5, 0.6) is 0 Å². The van der Waals surface area contributed by atoms with E-state index in [1.807, 2.05) is 0 Å². The molecule has 0 bridgehead atoms. The van der Waals surface area contributed by atoms with Gasteiger partial charge in [0.2, 0.25) is 0 Å². The zero-order valence-corrected chi connectivity index (χ0v) is 19.6. The van der Waals surface area contributed by atoms with Crippen molar-refractivity contribution < 1.29 is 89.2 Å². The molecule has 0 saturated carbocycles. The molecule has 216 valence electrons. The number of aliphatic hydroxyl groups is 10. The third kappa shape index (κ3) is 11.6. The number of carbonyl (C=O) groups is 4. The van der Waals surface area contributed by atoms with Gasteiger partial charge in [0.05, 0.1) is 13.2 Å². The lowest BCUT2D eigenvalue weighted by atomic mass is 10.0. The average molecular weight is 548 g/mol. The van der Waals surface area contributed by atoms with Gasteiger partial charge in [-0.25, -0.2) is 0 Å². The summed E-state index contributed by atoms with van der Waals surface area (Å²) in [5, 5.41) is 95.6. The van der Waals surface area contributed by atoms with Gasteiger partial charge in [-0.2, -0.15) is 0 Å². The van der Waals surface area contributed by atoms with Gasteiger partial charge in [-0.3, -0.25) is 19.2 Å². The van der Waals surface area contributed by atoms with Crippen LogP contribution in [0.15, 0.2) is 0 Å². The maximum Gasteiger partial charge on any atom is 0.320 e. The van der Waals surface area contributed by atoms with Crippen molar-refractivity contribution in [1.29, 1.82) is 0 Å². The highest BCUT2D eigenvalue weighted by Crippen LogP contribution is 2.16. The van der Waals surface area contributed by atoms with Crippen molar-refractivity contribution in [3.8, 4) is 0 Å². The standard InChI is InChI=1S/C19H32O18/c1-6(22)34-18(16(32)14(30)12(28)8(24)4-20)36-10(26)3-11(27)37-19(35-7(2)23)17(33)15(31)13(29)9(25)5-21/h8-9,12-21,24-25,28-33H,3-5H2,1-2H3. The molecule has 0 spiro atoms. The van der Waals surface area contributed by atoms with Crippen molar-refractivity contribution in [3.63, 3.8) is 0 Å². The average Bonchev–Trinajstić information content (AvgIpc) is 2.83. The van der Waals surface area contributed by atoms with Crippen LogP contribution < -0.4 is 0 Å². The first kappa shape index (κ1) is 34.5. The van der Waals surface area contributed by atoms with E-state index in [0.29, 0.717) is 0 Å². The molecule has 0 aliphatic carbocycles. The highest BCUT2D eigenvalue weighted by molar-refractivity contribution is 5.91. The van der Waals surface area contributed by atoms with Gasteiger partial charge in [0.15, 0.2) is 12.2 Å². The molecule has 10 atom stereocenters. The molecule has 10 N–H and O–H groups in total. The summed E-state index contributed by atoms with van der Waals surface area (Å²) in [6, 6.07) is 0. The second kappa shape index (κ2) is 16.3. The maximum absolute atomic E-state index is 12.1. The van der Waals surface area contributed by atoms with Crippen LogP contribution in [0.1, 0.15) is 20.3 Å². The first-order valence-corrected chi connectivity index (χ1v) is 10.5. The molecule has 0 aliphatic heterocycles. The summed E-state index contributed by atoms with van der Waals surface area (Å²) in [6.07, 6.45) is -23.8. The van der Waals surface area contributed by atoms with Crippen molar-refractivity contribution in [2.75, 3.05) is 13.2 Å². The van der Waals surface area contributed by atoms with E-state index in [9.17, 15) is 60.0 Å². The predicted octanol–water partition coefficient (Wildman–Crippen LogP) is -6.89. The summed E-state index contributed by atoms with van der Waals surface area (Å²) in [4.78, 5) is 46.7. The normalized spacial score (nSPS) is 19.6. The molecule has 0 aliphatic rings. The Balaban J connectivity index is 5.41. The maximum atomic E-state index is 12.1. The smallest absolute Gasteiger partial charge is 0.320 e. The molecule has 0 aromatic rings. The van der Waals surface area contributed by atoms with E-state index in [4.69, 9.17) is 10.2 Å². The highest BCUT2D eigenvalue weighted by atomic mass is 16.7. The zero-order valence-electron chi connectivity index (χ0n) is 19.6. The minimum atomic E-state index is -2.40. The summed E-state index contributed by atoms with van der Waals surface area (Å²) in [5.41, 5.74) is 0. The summed E-state index contributed by atoms with van der Waals surface area (Å²) in [7, 11) is 0. The summed E-state index contributed by atoms with van der Waals surface area (Å²) in [5.74, 6) is -5.54. The minimum Gasteiger partial charge on any atom is -0.422 e. The molecule has 18 nitrogen and oxygen atoms in total. The topological polar surface area (TPSA) is 308 Å². The second-order valence-corrected chi connectivity index (χ2v) is 7.56. The van der Waals surface area contributed by atoms with Gasteiger partial charge >= 0.3 is 23.9 Å². The Labute approximate surface area is 208 Å². The van der Waals surface area contributed by atoms with E-state index in [1.165, 1.54) is 0 Å². The molecule has 0 saturated heterocycles. The Morgan fingerprint density at radius 3 is 1.05 bits per heavy atom. The molecular weight excluding hydrogens is 516 g/mol. The molecule has 0 rings (SSSR count). The van der Waals surface area contributed by atoms with Crippen LogP contribution >= 0.6 is 0 Å². The summed E-state index contributed by atoms with van der Waals surface area (Å²) in [6.45, 7) is -0.499. The number of hydrogen-bond donors (Lipinski definition) is 10. The molecule has 0 aromatic carbocycles. The number of hydrogen-bond acceptors (Lipinski definition) is 18. The number of ether oxygens (including phenoxy) is 4. The molecule has 37 heavy (non-hydrogen) atoms. The lowest BCUT2D eigenvalue weighted by molar-refractivity contribution is -0.232. The Morgan fingerprint density at radius 1 is 0.514 bits per heavy atom. The highest BCUT2D eigenvalue weighted by Gasteiger charge is 2.41. The molecule has 0 radical (unpaired) electrons. The fraction of sp³-hybridized carbons (Fsp3) is 0.789. The van der Waals surface area contributed by atoms with Crippen LogP contribution in [0.3, 0.4) is 0 Å². The van der Waals surface area contributed by atoms with E-state index >= 15 is 0 Å². The number of esters is 4. The van der Waals surface area contributed by atoms with E-state index in [-0.39, 0.29) is 0 Å². The lowest BCUT2D eigenvalue weighted by Gasteiger charge is -2.30. The molecule has 0 heterocycles. The minimum absolute atomic E-state index is 0.797. The van der Waals surface area contributed by atoms with Crippen LogP contribution in [0.2, 0.25) is 0 Å². The predicted molar refractivity (Wildman–Crippen MR) is 110 cm³/mol. The Kier molecular flexibility index (Phi) is 15.2. The van der Waals surface area contributed by atoms with Crippen LogP contribution in [-0.4, -0.2) is 150 Å². The van der Waals surface area contributed by atoms with Crippen molar-refractivity contribution >= 4 is 23.9 Å². The third-order valence-electron chi connectivity index (χ3n) is 4.47. The van der Waals surface area contributed by atoms with Crippen LogP contribution in [0, 0.1) is 0 Å². The molecule has 0 fully saturated rings. The van der Waals surface area contributed by atoms with Gasteiger partial charge in [0.1, 0.15) is 43.0 Å². The number of rotatable bonds is 16. The Bertz CT molecular complexity index is 685. The van der Waals surface area contributed by atoms with Gasteiger partial charge < -0.3 is 70.0 Å². The summed E-state index contributed by atoms with van der Waals surface area (Å²) >= 11 is 0. The van der Waals surface area contributed by atoms with Crippen LogP contribution in [-0.2, 0) is 38.1 Å². The number of carbonyl (C=O) groups excluding carboxylic acids is 4. The van der Waals surface area contributed by atoms with Gasteiger partial charge in [-0.05, 0) is 0 Å². The SMILES string of the molecule is CC(=O)OC(OC(=O)CC(=O)OC(OC(C)=O)C(O)C(O)C(O)C(O)CO)C(O)C(O)C(O)C(O)CO. The van der Waals surface area contributed by atoms with Gasteiger partial charge in [-0.1, -0.05) is 0 Å². The van der Waals surface area contributed by atoms with Gasteiger partial charge in [0, 0.05) is 13.8 Å². The largest absolute Gasteiger partial charge is 0.422 e. The molecule has 10 unspecified atom stereocenters. The fourth-order valence-corrected chi connectivity index (χ4v) is 2.51. The molecular formula is C19H32O18. The van der Waals surface area contributed by atoms with Crippen molar-refractivity contribution in [2.24, 2.45) is 0 Å². The lowest BCUT2D eigenvalue weighted by Crippen LogP contribution is -2.52. The third-order valence-corrected chi connectivity index (χ3v) is 4.47. The van der Waals surface area contributed by atoms with Crippen LogP contribution in [0.25, 0.3) is 0 Å². The van der Waals surface area contributed by atoms with E-state index in [1.54, 1.807) is 0 Å². The quantitative estimate of drug-likeness (QED) is 0.0486. The van der Waals surface area contributed by atoms with Crippen molar-refractivity contribution in [3.05, 3.63) is 0 Å². The first-order chi connectivity index (χ1) is 17.1. The van der Waals surface area contributed by atoms with Crippen molar-refractivity contribution in [1.82, 2.24) is 0 Å². The monoisotopic (exact) mass is 548 g/mol. The van der Waals surface area contributed by atoms with Gasteiger partial charge in [-0.15, -0.1) is 0 Å². The Hall–Kier alpha value is -2.52. The van der Waals surface area contributed by atoms with E-state index in [2.05, 4.69) is 18.9 Å².